The summed E-state index contributed by atoms with van der Waals surface area (Å²) in [6.45, 7) is 5.42. The lowest BCUT2D eigenvalue weighted by atomic mass is 9.96. The van der Waals surface area contributed by atoms with Gasteiger partial charge in [0, 0.05) is 6.04 Å². The molecular formula is C22H34N4O2+2. The van der Waals surface area contributed by atoms with Crippen molar-refractivity contribution >= 4 is 18.0 Å². The average molecular weight is 387 g/mol. The molecule has 6 heteroatoms. The monoisotopic (exact) mass is 386 g/mol. The lowest BCUT2D eigenvalue weighted by Crippen LogP contribution is -3.28. The van der Waals surface area contributed by atoms with E-state index in [0.717, 1.165) is 58.4 Å². The van der Waals surface area contributed by atoms with Gasteiger partial charge in [0.15, 0.2) is 6.54 Å². The first kappa shape index (κ1) is 20.6. The molecule has 1 aromatic carbocycles. The summed E-state index contributed by atoms with van der Waals surface area (Å²) in [7, 11) is 0. The highest BCUT2D eigenvalue weighted by molar-refractivity contribution is 5.94. The summed E-state index contributed by atoms with van der Waals surface area (Å²) in [5.41, 5.74) is 1.23. The standard InChI is InChI=1S/C22H32N4O2/c27-21(24-22(28)23-20-11-5-2-6-12-20)18-26-16-14-25(15-17-26)13-7-10-19-8-3-1-4-9-19/h1,3-4,7-10,20H,2,5-6,11-18H2,(H2,23,24,27,28)/p+2/b10-7+. The van der Waals surface area contributed by atoms with Crippen LogP contribution in [0.4, 0.5) is 4.79 Å². The van der Waals surface area contributed by atoms with Gasteiger partial charge in [0.25, 0.3) is 5.91 Å². The van der Waals surface area contributed by atoms with E-state index >= 15 is 0 Å². The zero-order valence-electron chi connectivity index (χ0n) is 16.7. The van der Waals surface area contributed by atoms with Crippen molar-refractivity contribution in [2.45, 2.75) is 38.1 Å². The van der Waals surface area contributed by atoms with Crippen LogP contribution >= 0.6 is 0 Å². The van der Waals surface area contributed by atoms with E-state index in [0.29, 0.717) is 6.54 Å². The summed E-state index contributed by atoms with van der Waals surface area (Å²) in [5.74, 6) is -0.171. The van der Waals surface area contributed by atoms with Crippen LogP contribution in [0.15, 0.2) is 36.4 Å². The predicted molar refractivity (Wildman–Crippen MR) is 110 cm³/mol. The first-order valence-corrected chi connectivity index (χ1v) is 10.7. The van der Waals surface area contributed by atoms with Gasteiger partial charge >= 0.3 is 6.03 Å². The molecule has 1 aliphatic heterocycles. The maximum absolute atomic E-state index is 12.2. The highest BCUT2D eigenvalue weighted by Gasteiger charge is 2.25. The molecule has 0 radical (unpaired) electrons. The minimum absolute atomic E-state index is 0.171. The molecule has 1 aromatic rings. The van der Waals surface area contributed by atoms with Gasteiger partial charge in [-0.05, 0) is 24.5 Å². The zero-order valence-corrected chi connectivity index (χ0v) is 16.7. The number of urea groups is 1. The number of amides is 3. The number of carbonyl (C=O) groups is 2. The van der Waals surface area contributed by atoms with Gasteiger partial charge in [0.05, 0.1) is 6.54 Å². The summed E-state index contributed by atoms with van der Waals surface area (Å²) in [6, 6.07) is 10.2. The number of rotatable bonds is 6. The average Bonchev–Trinajstić information content (AvgIpc) is 2.71. The normalized spacial score (nSPS) is 23.4. The van der Waals surface area contributed by atoms with E-state index in [2.05, 4.69) is 47.1 Å². The minimum Gasteiger partial charge on any atom is -0.335 e. The van der Waals surface area contributed by atoms with Crippen LogP contribution in [0.1, 0.15) is 37.7 Å². The van der Waals surface area contributed by atoms with Crippen LogP contribution in [-0.4, -0.2) is 57.2 Å². The van der Waals surface area contributed by atoms with Crippen LogP contribution in [0.2, 0.25) is 0 Å². The quantitative estimate of drug-likeness (QED) is 0.540. The highest BCUT2D eigenvalue weighted by Crippen LogP contribution is 2.17. The van der Waals surface area contributed by atoms with Crippen LogP contribution in [0.3, 0.4) is 0 Å². The fourth-order valence-electron chi connectivity index (χ4n) is 4.13. The summed E-state index contributed by atoms with van der Waals surface area (Å²) in [5, 5.41) is 5.45. The van der Waals surface area contributed by atoms with Gasteiger partial charge < -0.3 is 15.1 Å². The second-order valence-electron chi connectivity index (χ2n) is 8.05. The third kappa shape index (κ3) is 7.09. The number of nitrogens with one attached hydrogen (secondary N) is 4. The molecule has 4 N–H and O–H groups in total. The van der Waals surface area contributed by atoms with Gasteiger partial charge in [-0.1, -0.05) is 55.7 Å². The Bertz CT molecular complexity index is 648. The Morgan fingerprint density at radius 1 is 0.964 bits per heavy atom. The van der Waals surface area contributed by atoms with Crippen LogP contribution in [-0.2, 0) is 4.79 Å². The molecule has 0 atom stereocenters. The van der Waals surface area contributed by atoms with Gasteiger partial charge in [0.2, 0.25) is 0 Å². The molecule has 1 aliphatic carbocycles. The third-order valence-electron chi connectivity index (χ3n) is 5.78. The molecule has 1 saturated carbocycles. The Morgan fingerprint density at radius 2 is 1.64 bits per heavy atom. The Balaban J connectivity index is 1.30. The summed E-state index contributed by atoms with van der Waals surface area (Å²) in [6.07, 6.45) is 10.0. The molecule has 1 heterocycles. The number of benzene rings is 1. The molecular weight excluding hydrogens is 352 g/mol. The maximum atomic E-state index is 12.2. The second kappa shape index (κ2) is 11.0. The molecule has 6 nitrogen and oxygen atoms in total. The largest absolute Gasteiger partial charge is 0.335 e. The van der Waals surface area contributed by atoms with E-state index in [1.54, 1.807) is 4.90 Å². The van der Waals surface area contributed by atoms with Crippen molar-refractivity contribution in [3.63, 3.8) is 0 Å². The molecule has 0 unspecified atom stereocenters. The molecule has 2 aliphatic rings. The summed E-state index contributed by atoms with van der Waals surface area (Å²) < 4.78 is 0. The summed E-state index contributed by atoms with van der Waals surface area (Å²) >= 11 is 0. The van der Waals surface area contributed by atoms with Gasteiger partial charge in [-0.3, -0.25) is 10.1 Å². The number of hydrogen-bond acceptors (Lipinski definition) is 2. The highest BCUT2D eigenvalue weighted by atomic mass is 16.2. The van der Waals surface area contributed by atoms with Crippen LogP contribution in [0, 0.1) is 0 Å². The third-order valence-corrected chi connectivity index (χ3v) is 5.78. The van der Waals surface area contributed by atoms with E-state index in [9.17, 15) is 9.59 Å². The molecule has 1 saturated heterocycles. The lowest BCUT2D eigenvalue weighted by Gasteiger charge is -2.28. The first-order valence-electron chi connectivity index (χ1n) is 10.7. The lowest BCUT2D eigenvalue weighted by molar-refractivity contribution is -1.01. The van der Waals surface area contributed by atoms with Gasteiger partial charge in [-0.25, -0.2) is 4.79 Å². The van der Waals surface area contributed by atoms with Crippen LogP contribution < -0.4 is 20.4 Å². The van der Waals surface area contributed by atoms with Crippen molar-refractivity contribution < 1.29 is 19.4 Å². The number of carbonyl (C=O) groups excluding carboxylic acids is 2. The fraction of sp³-hybridized carbons (Fsp3) is 0.545. The zero-order chi connectivity index (χ0) is 19.6. The maximum Gasteiger partial charge on any atom is 0.321 e. The Morgan fingerprint density at radius 3 is 2.36 bits per heavy atom. The van der Waals surface area contributed by atoms with E-state index in [-0.39, 0.29) is 18.0 Å². The first-order chi connectivity index (χ1) is 13.7. The predicted octanol–water partition coefficient (Wildman–Crippen LogP) is -0.358. The van der Waals surface area contributed by atoms with Crippen molar-refractivity contribution in [3.05, 3.63) is 42.0 Å². The second-order valence-corrected chi connectivity index (χ2v) is 8.05. The van der Waals surface area contributed by atoms with Crippen molar-refractivity contribution in [2.24, 2.45) is 0 Å². The Labute approximate surface area is 168 Å². The van der Waals surface area contributed by atoms with Crippen LogP contribution in [0.5, 0.6) is 0 Å². The molecule has 0 bridgehead atoms. The SMILES string of the molecule is O=C(C[NH+]1CC[NH+](C/C=C/c2ccccc2)CC1)NC(=O)NC1CCCCC1. The van der Waals surface area contributed by atoms with E-state index < -0.39 is 0 Å². The van der Waals surface area contributed by atoms with Crippen molar-refractivity contribution in [2.75, 3.05) is 39.3 Å². The minimum atomic E-state index is -0.327. The molecule has 3 rings (SSSR count). The number of imide groups is 1. The number of piperazine rings is 1. The molecule has 28 heavy (non-hydrogen) atoms. The van der Waals surface area contributed by atoms with Gasteiger partial charge in [0.1, 0.15) is 26.2 Å². The van der Waals surface area contributed by atoms with Crippen molar-refractivity contribution in [1.29, 1.82) is 0 Å². The smallest absolute Gasteiger partial charge is 0.321 e. The topological polar surface area (TPSA) is 67.1 Å². The summed E-state index contributed by atoms with van der Waals surface area (Å²) in [4.78, 5) is 27.0. The Kier molecular flexibility index (Phi) is 8.06. The molecule has 2 fully saturated rings. The number of quaternary nitrogens is 2. The van der Waals surface area contributed by atoms with Crippen LogP contribution in [0.25, 0.3) is 6.08 Å². The Hall–Kier alpha value is -2.18. The van der Waals surface area contributed by atoms with E-state index in [4.69, 9.17) is 0 Å². The van der Waals surface area contributed by atoms with Gasteiger partial charge in [-0.2, -0.15) is 0 Å². The van der Waals surface area contributed by atoms with Gasteiger partial charge in [-0.15, -0.1) is 0 Å². The van der Waals surface area contributed by atoms with E-state index in [1.807, 2.05) is 6.07 Å². The fourth-order valence-corrected chi connectivity index (χ4v) is 4.13. The molecule has 3 amide bonds. The van der Waals surface area contributed by atoms with E-state index in [1.165, 1.54) is 16.9 Å². The number of hydrogen-bond donors (Lipinski definition) is 4. The molecule has 0 spiro atoms. The molecule has 152 valence electrons. The van der Waals surface area contributed by atoms with Crippen molar-refractivity contribution in [3.8, 4) is 0 Å². The van der Waals surface area contributed by atoms with Crippen molar-refractivity contribution in [1.82, 2.24) is 10.6 Å². The molecule has 0 aromatic heterocycles.